The molecule has 0 fully saturated rings. The topological polar surface area (TPSA) is 103 Å². The van der Waals surface area contributed by atoms with Crippen LogP contribution in [0.4, 0.5) is 5.69 Å². The third-order valence-electron chi connectivity index (χ3n) is 3.38. The molecule has 2 aromatic rings. The number of nitrogens with one attached hydrogen (secondary N) is 1. The van der Waals surface area contributed by atoms with Crippen LogP contribution in [0.5, 0.6) is 11.5 Å². The maximum Gasteiger partial charge on any atom is 0.280 e. The lowest BCUT2D eigenvalue weighted by Crippen LogP contribution is -2.33. The number of hydrogen-bond acceptors (Lipinski definition) is 6. The van der Waals surface area contributed by atoms with E-state index >= 15 is 0 Å². The van der Waals surface area contributed by atoms with Gasteiger partial charge >= 0.3 is 0 Å². The molecule has 1 amide bonds. The summed E-state index contributed by atoms with van der Waals surface area (Å²) >= 11 is 0. The van der Waals surface area contributed by atoms with E-state index in [-0.39, 0.29) is 5.69 Å². The summed E-state index contributed by atoms with van der Waals surface area (Å²) in [7, 11) is 0. The molecule has 27 heavy (non-hydrogen) atoms. The number of non-ortho nitro benzene ring substituents is 1. The standard InChI is InChI=1S/C19H19N3O5/c1-3-12-26-18-7-5-4-6-15(18)13-20-21-19(23)14(2)27-17-10-8-16(9-11-17)22(24)25/h3-11,13-14H,1,12H2,2H3,(H,21,23). The molecule has 0 spiro atoms. The van der Waals surface area contributed by atoms with Gasteiger partial charge in [-0.25, -0.2) is 5.43 Å². The second-order valence-corrected chi connectivity index (χ2v) is 5.38. The average molecular weight is 369 g/mol. The summed E-state index contributed by atoms with van der Waals surface area (Å²) in [6.45, 7) is 5.50. The van der Waals surface area contributed by atoms with Gasteiger partial charge in [0.1, 0.15) is 18.1 Å². The number of nitro benzene ring substituents is 1. The monoisotopic (exact) mass is 369 g/mol. The maximum absolute atomic E-state index is 12.1. The maximum atomic E-state index is 12.1. The molecule has 140 valence electrons. The lowest BCUT2D eigenvalue weighted by Gasteiger charge is -2.12. The molecule has 0 saturated heterocycles. The summed E-state index contributed by atoms with van der Waals surface area (Å²) in [5.74, 6) is 0.495. The number of carbonyl (C=O) groups excluding carboxylic acids is 1. The number of hydrazone groups is 1. The molecule has 0 aromatic heterocycles. The summed E-state index contributed by atoms with van der Waals surface area (Å²) in [4.78, 5) is 22.2. The van der Waals surface area contributed by atoms with Gasteiger partial charge in [-0.2, -0.15) is 5.10 Å². The van der Waals surface area contributed by atoms with Crippen molar-refractivity contribution >= 4 is 17.8 Å². The van der Waals surface area contributed by atoms with Crippen molar-refractivity contribution in [2.45, 2.75) is 13.0 Å². The van der Waals surface area contributed by atoms with Crippen molar-refractivity contribution in [3.05, 3.63) is 76.9 Å². The molecule has 1 unspecified atom stereocenters. The van der Waals surface area contributed by atoms with Gasteiger partial charge in [0.15, 0.2) is 6.10 Å². The molecular formula is C19H19N3O5. The van der Waals surface area contributed by atoms with Crippen molar-refractivity contribution in [3.63, 3.8) is 0 Å². The smallest absolute Gasteiger partial charge is 0.280 e. The Morgan fingerprint density at radius 1 is 1.30 bits per heavy atom. The highest BCUT2D eigenvalue weighted by molar-refractivity contribution is 5.86. The first-order valence-electron chi connectivity index (χ1n) is 8.08. The van der Waals surface area contributed by atoms with Crippen LogP contribution in [0.3, 0.4) is 0 Å². The van der Waals surface area contributed by atoms with Crippen LogP contribution in [0.1, 0.15) is 12.5 Å². The predicted octanol–water partition coefficient (Wildman–Crippen LogP) is 3.08. The fourth-order valence-electron chi connectivity index (χ4n) is 2.03. The highest BCUT2D eigenvalue weighted by Crippen LogP contribution is 2.18. The second kappa shape index (κ2) is 9.71. The molecule has 0 heterocycles. The number of nitrogens with zero attached hydrogens (tertiary/aromatic N) is 2. The molecule has 1 atom stereocenters. The van der Waals surface area contributed by atoms with Crippen LogP contribution in [0.2, 0.25) is 0 Å². The van der Waals surface area contributed by atoms with Crippen molar-refractivity contribution in [2.75, 3.05) is 6.61 Å². The van der Waals surface area contributed by atoms with Gasteiger partial charge in [-0.3, -0.25) is 14.9 Å². The molecule has 1 N–H and O–H groups in total. The van der Waals surface area contributed by atoms with Crippen LogP contribution in [0.25, 0.3) is 0 Å². The van der Waals surface area contributed by atoms with Crippen LogP contribution in [-0.2, 0) is 4.79 Å². The minimum atomic E-state index is -0.837. The number of carbonyl (C=O) groups is 1. The van der Waals surface area contributed by atoms with E-state index in [1.807, 2.05) is 12.1 Å². The molecule has 0 saturated carbocycles. The average Bonchev–Trinajstić information content (AvgIpc) is 2.67. The largest absolute Gasteiger partial charge is 0.489 e. The van der Waals surface area contributed by atoms with E-state index in [0.717, 1.165) is 0 Å². The van der Waals surface area contributed by atoms with Gasteiger partial charge in [-0.15, -0.1) is 0 Å². The van der Waals surface area contributed by atoms with Gasteiger partial charge in [0, 0.05) is 17.7 Å². The Morgan fingerprint density at radius 3 is 2.67 bits per heavy atom. The summed E-state index contributed by atoms with van der Waals surface area (Å²) < 4.78 is 10.9. The quantitative estimate of drug-likeness (QED) is 0.317. The van der Waals surface area contributed by atoms with Crippen molar-refractivity contribution in [3.8, 4) is 11.5 Å². The van der Waals surface area contributed by atoms with Gasteiger partial charge in [0.25, 0.3) is 11.6 Å². The number of hydrogen-bond donors (Lipinski definition) is 1. The Labute approximate surface area is 156 Å². The normalized spacial score (nSPS) is 11.6. The number of nitro groups is 1. The molecule has 0 aliphatic rings. The van der Waals surface area contributed by atoms with Crippen LogP contribution in [0, 0.1) is 10.1 Å². The van der Waals surface area contributed by atoms with Crippen molar-refractivity contribution in [1.29, 1.82) is 0 Å². The highest BCUT2D eigenvalue weighted by Gasteiger charge is 2.14. The third kappa shape index (κ3) is 5.96. The van der Waals surface area contributed by atoms with E-state index in [4.69, 9.17) is 9.47 Å². The fourth-order valence-corrected chi connectivity index (χ4v) is 2.03. The zero-order valence-electron chi connectivity index (χ0n) is 14.7. The molecule has 0 radical (unpaired) electrons. The van der Waals surface area contributed by atoms with Crippen LogP contribution in [0.15, 0.2) is 66.3 Å². The van der Waals surface area contributed by atoms with Gasteiger partial charge in [-0.1, -0.05) is 24.8 Å². The lowest BCUT2D eigenvalue weighted by atomic mass is 10.2. The number of rotatable bonds is 9. The minimum absolute atomic E-state index is 0.0543. The first-order valence-corrected chi connectivity index (χ1v) is 8.08. The molecule has 0 aliphatic carbocycles. The van der Waals surface area contributed by atoms with Crippen LogP contribution >= 0.6 is 0 Å². The number of para-hydroxylation sites is 1. The predicted molar refractivity (Wildman–Crippen MR) is 101 cm³/mol. The van der Waals surface area contributed by atoms with E-state index in [1.165, 1.54) is 30.5 Å². The molecule has 0 bridgehead atoms. The zero-order valence-corrected chi connectivity index (χ0v) is 14.7. The van der Waals surface area contributed by atoms with E-state index < -0.39 is 16.9 Å². The summed E-state index contributed by atoms with van der Waals surface area (Å²) in [5.41, 5.74) is 3.03. The summed E-state index contributed by atoms with van der Waals surface area (Å²) in [5, 5.41) is 14.5. The summed E-state index contributed by atoms with van der Waals surface area (Å²) in [6, 6.07) is 12.7. The van der Waals surface area contributed by atoms with Crippen molar-refractivity contribution in [2.24, 2.45) is 5.10 Å². The SMILES string of the molecule is C=CCOc1ccccc1C=NNC(=O)C(C)Oc1ccc([N+](=O)[O-])cc1. The van der Waals surface area contributed by atoms with Crippen LogP contribution in [-0.4, -0.2) is 29.8 Å². The molecule has 0 aliphatic heterocycles. The number of amides is 1. The van der Waals surface area contributed by atoms with Gasteiger partial charge < -0.3 is 9.47 Å². The zero-order chi connectivity index (χ0) is 19.6. The van der Waals surface area contributed by atoms with E-state index in [2.05, 4.69) is 17.1 Å². The Hall–Kier alpha value is -3.68. The molecule has 2 aromatic carbocycles. The first-order chi connectivity index (χ1) is 13.0. The Kier molecular flexibility index (Phi) is 7.07. The molecule has 2 rings (SSSR count). The lowest BCUT2D eigenvalue weighted by molar-refractivity contribution is -0.384. The van der Waals surface area contributed by atoms with Gasteiger partial charge in [-0.05, 0) is 31.2 Å². The first kappa shape index (κ1) is 19.6. The third-order valence-corrected chi connectivity index (χ3v) is 3.38. The minimum Gasteiger partial charge on any atom is -0.489 e. The highest BCUT2D eigenvalue weighted by atomic mass is 16.6. The fraction of sp³-hybridized carbons (Fsp3) is 0.158. The van der Waals surface area contributed by atoms with E-state index in [0.29, 0.717) is 23.7 Å². The van der Waals surface area contributed by atoms with Crippen molar-refractivity contribution < 1.29 is 19.2 Å². The van der Waals surface area contributed by atoms with Gasteiger partial charge in [0.05, 0.1) is 11.1 Å². The second-order valence-electron chi connectivity index (χ2n) is 5.38. The summed E-state index contributed by atoms with van der Waals surface area (Å²) in [6.07, 6.45) is 2.26. The van der Waals surface area contributed by atoms with Crippen LogP contribution < -0.4 is 14.9 Å². The number of ether oxygens (including phenoxy) is 2. The van der Waals surface area contributed by atoms with Gasteiger partial charge in [0.2, 0.25) is 0 Å². The van der Waals surface area contributed by atoms with E-state index in [9.17, 15) is 14.9 Å². The molecule has 8 nitrogen and oxygen atoms in total. The Balaban J connectivity index is 1.92. The Morgan fingerprint density at radius 2 is 2.00 bits per heavy atom. The number of benzene rings is 2. The Bertz CT molecular complexity index is 833. The van der Waals surface area contributed by atoms with E-state index in [1.54, 1.807) is 25.1 Å². The van der Waals surface area contributed by atoms with Crippen molar-refractivity contribution in [1.82, 2.24) is 5.43 Å². The molecular weight excluding hydrogens is 350 g/mol. The molecule has 8 heteroatoms.